The van der Waals surface area contributed by atoms with Crippen LogP contribution in [0.25, 0.3) is 0 Å². The van der Waals surface area contributed by atoms with Crippen LogP contribution < -0.4 is 10.9 Å². The molecule has 1 amide bonds. The molecule has 0 fully saturated rings. The van der Waals surface area contributed by atoms with E-state index in [9.17, 15) is 22.8 Å². The number of carbonyl (C=O) groups excluding carboxylic acids is 1. The highest BCUT2D eigenvalue weighted by atomic mass is 19.4. The fraction of sp³-hybridized carbons (Fsp3) is 0.600. The lowest BCUT2D eigenvalue weighted by atomic mass is 10.1. The second-order valence-electron chi connectivity index (χ2n) is 5.32. The Labute approximate surface area is 127 Å². The molecule has 0 saturated heterocycles. The van der Waals surface area contributed by atoms with E-state index in [-0.39, 0.29) is 6.04 Å². The first-order valence-corrected chi connectivity index (χ1v) is 7.31. The van der Waals surface area contributed by atoms with Gasteiger partial charge in [0, 0.05) is 12.2 Å². The molecule has 0 aliphatic carbocycles. The van der Waals surface area contributed by atoms with Crippen LogP contribution in [0.1, 0.15) is 45.1 Å². The number of rotatable bonds is 7. The molecule has 0 aromatic carbocycles. The molecule has 0 aliphatic heterocycles. The largest absolute Gasteiger partial charge is 0.421 e. The van der Waals surface area contributed by atoms with Gasteiger partial charge in [-0.15, -0.1) is 0 Å². The Balaban J connectivity index is 2.67. The van der Waals surface area contributed by atoms with Crippen LogP contribution in [0.3, 0.4) is 0 Å². The highest BCUT2D eigenvalue weighted by Gasteiger charge is 2.34. The van der Waals surface area contributed by atoms with Crippen molar-refractivity contribution in [2.24, 2.45) is 0 Å². The summed E-state index contributed by atoms with van der Waals surface area (Å²) in [6, 6.07) is 1.76. The van der Waals surface area contributed by atoms with E-state index < -0.39 is 29.8 Å². The standard InChI is InChI=1S/C15H21F3N2O2/c1-3-4-5-7-11(2)19-13(21)10-20-9-6-8-12(14(20)22)15(16,17)18/h6,8-9,11H,3-5,7,10H2,1-2H3,(H,19,21)/t11-/m1/s1. The van der Waals surface area contributed by atoms with E-state index in [0.717, 1.165) is 36.3 Å². The van der Waals surface area contributed by atoms with Gasteiger partial charge in [-0.25, -0.2) is 0 Å². The van der Waals surface area contributed by atoms with Crippen molar-refractivity contribution in [2.75, 3.05) is 0 Å². The molecule has 1 heterocycles. The maximum atomic E-state index is 12.6. The van der Waals surface area contributed by atoms with Crippen LogP contribution in [-0.4, -0.2) is 16.5 Å². The van der Waals surface area contributed by atoms with E-state index >= 15 is 0 Å². The predicted molar refractivity (Wildman–Crippen MR) is 77.5 cm³/mol. The van der Waals surface area contributed by atoms with Crippen LogP contribution in [0.2, 0.25) is 0 Å². The molecule has 124 valence electrons. The second-order valence-corrected chi connectivity index (χ2v) is 5.32. The summed E-state index contributed by atoms with van der Waals surface area (Å²) in [5.74, 6) is -0.467. The molecular formula is C15H21F3N2O2. The van der Waals surface area contributed by atoms with Gasteiger partial charge in [-0.1, -0.05) is 26.2 Å². The number of nitrogens with zero attached hydrogens (tertiary/aromatic N) is 1. The zero-order valence-electron chi connectivity index (χ0n) is 12.7. The molecule has 0 spiro atoms. The molecule has 22 heavy (non-hydrogen) atoms. The van der Waals surface area contributed by atoms with E-state index in [2.05, 4.69) is 12.2 Å². The van der Waals surface area contributed by atoms with Gasteiger partial charge in [0.15, 0.2) is 0 Å². The Morgan fingerprint density at radius 2 is 2.05 bits per heavy atom. The highest BCUT2D eigenvalue weighted by Crippen LogP contribution is 2.25. The Morgan fingerprint density at radius 1 is 1.36 bits per heavy atom. The Bertz CT molecular complexity index is 552. The fourth-order valence-electron chi connectivity index (χ4n) is 2.12. The second kappa shape index (κ2) is 8.00. The number of nitrogens with one attached hydrogen (secondary N) is 1. The third-order valence-corrected chi connectivity index (χ3v) is 3.29. The van der Waals surface area contributed by atoms with Crippen LogP contribution in [-0.2, 0) is 17.5 Å². The molecule has 1 rings (SSSR count). The summed E-state index contributed by atoms with van der Waals surface area (Å²) in [5, 5.41) is 2.69. The summed E-state index contributed by atoms with van der Waals surface area (Å²) in [7, 11) is 0. The number of aromatic nitrogens is 1. The normalized spacial score (nSPS) is 13.0. The third-order valence-electron chi connectivity index (χ3n) is 3.29. The summed E-state index contributed by atoms with van der Waals surface area (Å²) in [4.78, 5) is 23.5. The number of halogens is 3. The van der Waals surface area contributed by atoms with Crippen LogP contribution in [0, 0.1) is 0 Å². The van der Waals surface area contributed by atoms with Crippen molar-refractivity contribution in [1.29, 1.82) is 0 Å². The number of hydrogen-bond donors (Lipinski definition) is 1. The first-order valence-electron chi connectivity index (χ1n) is 7.31. The van der Waals surface area contributed by atoms with Gasteiger partial charge >= 0.3 is 6.18 Å². The smallest absolute Gasteiger partial charge is 0.352 e. The van der Waals surface area contributed by atoms with E-state index in [1.807, 2.05) is 6.92 Å². The highest BCUT2D eigenvalue weighted by molar-refractivity contribution is 5.76. The molecular weight excluding hydrogens is 297 g/mol. The van der Waals surface area contributed by atoms with Gasteiger partial charge < -0.3 is 9.88 Å². The molecule has 1 N–H and O–H groups in total. The Kier molecular flexibility index (Phi) is 6.64. The lowest BCUT2D eigenvalue weighted by molar-refractivity contribution is -0.139. The van der Waals surface area contributed by atoms with Crippen LogP contribution >= 0.6 is 0 Å². The summed E-state index contributed by atoms with van der Waals surface area (Å²) < 4.78 is 38.7. The molecule has 1 atom stereocenters. The lowest BCUT2D eigenvalue weighted by Gasteiger charge is -2.15. The molecule has 0 radical (unpaired) electrons. The first kappa shape index (κ1) is 18.3. The Hall–Kier alpha value is -1.79. The number of carbonyl (C=O) groups is 1. The topological polar surface area (TPSA) is 51.1 Å². The van der Waals surface area contributed by atoms with E-state index in [0.29, 0.717) is 6.07 Å². The van der Waals surface area contributed by atoms with E-state index in [4.69, 9.17) is 0 Å². The number of amides is 1. The fourth-order valence-corrected chi connectivity index (χ4v) is 2.12. The first-order chi connectivity index (χ1) is 10.3. The average molecular weight is 318 g/mol. The third kappa shape index (κ3) is 5.54. The number of unbranched alkanes of at least 4 members (excludes halogenated alkanes) is 2. The van der Waals surface area contributed by atoms with E-state index in [1.165, 1.54) is 6.20 Å². The summed E-state index contributed by atoms with van der Waals surface area (Å²) in [5.41, 5.74) is -2.47. The van der Waals surface area contributed by atoms with Gasteiger partial charge in [0.25, 0.3) is 5.56 Å². The minimum atomic E-state index is -4.72. The van der Waals surface area contributed by atoms with E-state index in [1.54, 1.807) is 0 Å². The van der Waals surface area contributed by atoms with Crippen LogP contribution in [0.5, 0.6) is 0 Å². The van der Waals surface area contributed by atoms with Crippen molar-refractivity contribution in [3.05, 3.63) is 34.2 Å². The van der Waals surface area contributed by atoms with Crippen molar-refractivity contribution in [3.63, 3.8) is 0 Å². The zero-order valence-corrected chi connectivity index (χ0v) is 12.7. The summed E-state index contributed by atoms with van der Waals surface area (Å²) >= 11 is 0. The van der Waals surface area contributed by atoms with Gasteiger partial charge in [-0.2, -0.15) is 13.2 Å². The average Bonchev–Trinajstić information content (AvgIpc) is 2.40. The molecule has 0 aliphatic rings. The molecule has 4 nitrogen and oxygen atoms in total. The van der Waals surface area contributed by atoms with Gasteiger partial charge in [0.05, 0.1) is 0 Å². The van der Waals surface area contributed by atoms with Crippen molar-refractivity contribution in [2.45, 2.75) is 58.3 Å². The van der Waals surface area contributed by atoms with Crippen LogP contribution in [0.15, 0.2) is 23.1 Å². The van der Waals surface area contributed by atoms with Crippen molar-refractivity contribution in [3.8, 4) is 0 Å². The summed E-state index contributed by atoms with van der Waals surface area (Å²) in [6.45, 7) is 3.49. The van der Waals surface area contributed by atoms with Gasteiger partial charge in [-0.3, -0.25) is 9.59 Å². The SMILES string of the molecule is CCCCC[C@@H](C)NC(=O)Cn1cccc(C(F)(F)F)c1=O. The number of hydrogen-bond acceptors (Lipinski definition) is 2. The Morgan fingerprint density at radius 3 is 2.64 bits per heavy atom. The minimum absolute atomic E-state index is 0.0689. The van der Waals surface area contributed by atoms with Gasteiger partial charge in [0.2, 0.25) is 5.91 Å². The maximum Gasteiger partial charge on any atom is 0.421 e. The quantitative estimate of drug-likeness (QED) is 0.786. The molecule has 0 saturated carbocycles. The molecule has 0 unspecified atom stereocenters. The number of pyridine rings is 1. The van der Waals surface area contributed by atoms with Gasteiger partial charge in [-0.05, 0) is 25.5 Å². The summed E-state index contributed by atoms with van der Waals surface area (Å²) in [6.07, 6.45) is 0.370. The zero-order chi connectivity index (χ0) is 16.8. The molecule has 0 bridgehead atoms. The minimum Gasteiger partial charge on any atom is -0.352 e. The predicted octanol–water partition coefficient (Wildman–Crippen LogP) is 2.95. The monoisotopic (exact) mass is 318 g/mol. The molecule has 1 aromatic heterocycles. The molecule has 7 heteroatoms. The van der Waals surface area contributed by atoms with Crippen molar-refractivity contribution >= 4 is 5.91 Å². The lowest BCUT2D eigenvalue weighted by Crippen LogP contribution is -2.38. The van der Waals surface area contributed by atoms with Crippen molar-refractivity contribution in [1.82, 2.24) is 9.88 Å². The van der Waals surface area contributed by atoms with Crippen LogP contribution in [0.4, 0.5) is 13.2 Å². The maximum absolute atomic E-state index is 12.6. The molecule has 1 aromatic rings. The number of alkyl halides is 3. The van der Waals surface area contributed by atoms with Gasteiger partial charge in [0.1, 0.15) is 12.1 Å². The van der Waals surface area contributed by atoms with Crippen molar-refractivity contribution < 1.29 is 18.0 Å².